The Morgan fingerprint density at radius 1 is 1.10 bits per heavy atom. The van der Waals surface area contributed by atoms with Gasteiger partial charge in [-0.15, -0.1) is 0 Å². The molecule has 0 amide bonds. The van der Waals surface area contributed by atoms with Crippen molar-refractivity contribution in [3.8, 4) is 17.0 Å². The number of rotatable bonds is 7. The lowest BCUT2D eigenvalue weighted by molar-refractivity contribution is -0.132. The highest BCUT2D eigenvalue weighted by Gasteiger charge is 2.20. The predicted molar refractivity (Wildman–Crippen MR) is 122 cm³/mol. The SMILES string of the molecule is C/C(=C\c1cc(-c2ccc(OCc3ccccc3)cc2)n(C2CCCCC2)n1)C(=O)O. The Morgan fingerprint density at radius 3 is 2.48 bits per heavy atom. The molecule has 3 aromatic rings. The van der Waals surface area contributed by atoms with Crippen molar-refractivity contribution in [2.45, 2.75) is 51.7 Å². The number of carboxylic acids is 1. The third-order valence-electron chi connectivity index (χ3n) is 5.78. The summed E-state index contributed by atoms with van der Waals surface area (Å²) in [5, 5.41) is 14.0. The molecule has 0 atom stereocenters. The second-order valence-corrected chi connectivity index (χ2v) is 8.12. The maximum atomic E-state index is 11.3. The minimum Gasteiger partial charge on any atom is -0.489 e. The third-order valence-corrected chi connectivity index (χ3v) is 5.78. The van der Waals surface area contributed by atoms with Crippen molar-refractivity contribution < 1.29 is 14.6 Å². The van der Waals surface area contributed by atoms with E-state index in [-0.39, 0.29) is 5.57 Å². The van der Waals surface area contributed by atoms with Crippen molar-refractivity contribution in [1.82, 2.24) is 9.78 Å². The number of aromatic nitrogens is 2. The summed E-state index contributed by atoms with van der Waals surface area (Å²) in [5.74, 6) is -0.105. The zero-order valence-electron chi connectivity index (χ0n) is 17.8. The Hall–Kier alpha value is -3.34. The standard InChI is InChI=1S/C26H28N2O3/c1-19(26(29)30)16-22-17-25(28(27-22)23-10-6-3-7-11-23)21-12-14-24(15-13-21)31-18-20-8-4-2-5-9-20/h2,4-5,8-9,12-17,23H,3,6-7,10-11,18H2,1H3,(H,29,30)/b19-16+. The van der Waals surface area contributed by atoms with E-state index in [4.69, 9.17) is 9.84 Å². The number of carbonyl (C=O) groups is 1. The highest BCUT2D eigenvalue weighted by molar-refractivity contribution is 5.91. The quantitative estimate of drug-likeness (QED) is 0.471. The second-order valence-electron chi connectivity index (χ2n) is 8.12. The summed E-state index contributed by atoms with van der Waals surface area (Å²) in [6, 6.07) is 20.5. The van der Waals surface area contributed by atoms with E-state index in [1.54, 1.807) is 13.0 Å². The fourth-order valence-electron chi connectivity index (χ4n) is 4.05. The van der Waals surface area contributed by atoms with Gasteiger partial charge in [0, 0.05) is 11.1 Å². The molecule has 1 N–H and O–H groups in total. The van der Waals surface area contributed by atoms with Gasteiger partial charge in [0.2, 0.25) is 0 Å². The van der Waals surface area contributed by atoms with Gasteiger partial charge in [-0.25, -0.2) is 4.79 Å². The molecule has 2 aromatic carbocycles. The molecule has 0 saturated heterocycles. The number of nitrogens with zero attached hydrogens (tertiary/aromatic N) is 2. The minimum absolute atomic E-state index is 0.282. The van der Waals surface area contributed by atoms with Crippen LogP contribution >= 0.6 is 0 Å². The molecular weight excluding hydrogens is 388 g/mol. The van der Waals surface area contributed by atoms with Crippen LogP contribution < -0.4 is 4.74 Å². The molecule has 1 aliphatic rings. The lowest BCUT2D eigenvalue weighted by Crippen LogP contribution is -2.15. The van der Waals surface area contributed by atoms with E-state index in [0.29, 0.717) is 18.3 Å². The number of hydrogen-bond donors (Lipinski definition) is 1. The number of benzene rings is 2. The first-order chi connectivity index (χ1) is 15.1. The number of hydrogen-bond acceptors (Lipinski definition) is 3. The molecule has 0 aliphatic heterocycles. The molecule has 5 heteroatoms. The van der Waals surface area contributed by atoms with Crippen molar-refractivity contribution in [2.24, 2.45) is 0 Å². The summed E-state index contributed by atoms with van der Waals surface area (Å²) < 4.78 is 8.01. The van der Waals surface area contributed by atoms with E-state index in [1.165, 1.54) is 19.3 Å². The van der Waals surface area contributed by atoms with E-state index in [0.717, 1.165) is 35.4 Å². The first kappa shape index (κ1) is 20.9. The summed E-state index contributed by atoms with van der Waals surface area (Å²) in [6.45, 7) is 2.13. The lowest BCUT2D eigenvalue weighted by Gasteiger charge is -2.24. The zero-order valence-corrected chi connectivity index (χ0v) is 17.8. The van der Waals surface area contributed by atoms with Gasteiger partial charge in [-0.1, -0.05) is 49.6 Å². The van der Waals surface area contributed by atoms with Crippen LogP contribution in [0.5, 0.6) is 5.75 Å². The molecule has 0 radical (unpaired) electrons. The van der Waals surface area contributed by atoms with Gasteiger partial charge in [0.1, 0.15) is 12.4 Å². The topological polar surface area (TPSA) is 64.4 Å². The summed E-state index contributed by atoms with van der Waals surface area (Å²) in [5.41, 5.74) is 4.17. The molecule has 160 valence electrons. The molecule has 31 heavy (non-hydrogen) atoms. The molecule has 1 aliphatic carbocycles. The molecular formula is C26H28N2O3. The molecule has 1 fully saturated rings. The molecule has 0 unspecified atom stereocenters. The molecule has 1 aromatic heterocycles. The van der Waals surface area contributed by atoms with Crippen LogP contribution in [0, 0.1) is 0 Å². The van der Waals surface area contributed by atoms with Gasteiger partial charge in [0.15, 0.2) is 0 Å². The summed E-state index contributed by atoms with van der Waals surface area (Å²) in [7, 11) is 0. The highest BCUT2D eigenvalue weighted by Crippen LogP contribution is 2.33. The second kappa shape index (κ2) is 9.65. The third kappa shape index (κ3) is 5.23. The fraction of sp³-hybridized carbons (Fsp3) is 0.308. The van der Waals surface area contributed by atoms with Crippen LogP contribution in [0.1, 0.15) is 56.3 Å². The van der Waals surface area contributed by atoms with Crippen molar-refractivity contribution >= 4 is 12.0 Å². The van der Waals surface area contributed by atoms with Crippen molar-refractivity contribution in [1.29, 1.82) is 0 Å². The van der Waals surface area contributed by atoms with Crippen LogP contribution in [0.4, 0.5) is 0 Å². The van der Waals surface area contributed by atoms with Crippen LogP contribution in [0.3, 0.4) is 0 Å². The maximum absolute atomic E-state index is 11.3. The van der Waals surface area contributed by atoms with Gasteiger partial charge in [-0.2, -0.15) is 5.10 Å². The van der Waals surface area contributed by atoms with Crippen LogP contribution in [0.15, 0.2) is 66.2 Å². The van der Waals surface area contributed by atoms with Gasteiger partial charge in [0.25, 0.3) is 0 Å². The number of ether oxygens (including phenoxy) is 1. The average Bonchev–Trinajstić information content (AvgIpc) is 3.23. The Labute approximate surface area is 183 Å². The van der Waals surface area contributed by atoms with Crippen molar-refractivity contribution in [2.75, 3.05) is 0 Å². The molecule has 0 bridgehead atoms. The first-order valence-electron chi connectivity index (χ1n) is 10.9. The molecule has 5 nitrogen and oxygen atoms in total. The normalized spacial score (nSPS) is 15.1. The lowest BCUT2D eigenvalue weighted by atomic mass is 9.95. The average molecular weight is 417 g/mol. The van der Waals surface area contributed by atoms with Crippen LogP contribution in [0.2, 0.25) is 0 Å². The Bertz CT molecular complexity index is 1050. The summed E-state index contributed by atoms with van der Waals surface area (Å²) >= 11 is 0. The first-order valence-corrected chi connectivity index (χ1v) is 10.9. The van der Waals surface area contributed by atoms with E-state index in [1.807, 2.05) is 60.7 Å². The Kier molecular flexibility index (Phi) is 6.51. The van der Waals surface area contributed by atoms with Gasteiger partial charge in [-0.3, -0.25) is 4.68 Å². The Balaban J connectivity index is 1.58. The molecule has 1 heterocycles. The zero-order chi connectivity index (χ0) is 21.6. The van der Waals surface area contributed by atoms with Gasteiger partial charge >= 0.3 is 5.97 Å². The van der Waals surface area contributed by atoms with Gasteiger partial charge in [-0.05, 0) is 61.7 Å². The monoisotopic (exact) mass is 416 g/mol. The van der Waals surface area contributed by atoms with Crippen LogP contribution in [-0.4, -0.2) is 20.9 Å². The predicted octanol–water partition coefficient (Wildman–Crippen LogP) is 6.12. The Morgan fingerprint density at radius 2 is 1.81 bits per heavy atom. The fourth-order valence-corrected chi connectivity index (χ4v) is 4.05. The summed E-state index contributed by atoms with van der Waals surface area (Å²) in [6.07, 6.45) is 7.53. The maximum Gasteiger partial charge on any atom is 0.331 e. The van der Waals surface area contributed by atoms with Crippen LogP contribution in [-0.2, 0) is 11.4 Å². The van der Waals surface area contributed by atoms with Crippen molar-refractivity contribution in [3.05, 3.63) is 77.5 Å². The minimum atomic E-state index is -0.923. The van der Waals surface area contributed by atoms with E-state index < -0.39 is 5.97 Å². The van der Waals surface area contributed by atoms with E-state index in [9.17, 15) is 9.90 Å². The number of aliphatic carboxylic acids is 1. The highest BCUT2D eigenvalue weighted by atomic mass is 16.5. The molecule has 1 saturated carbocycles. The number of carboxylic acid groups (broad SMARTS) is 1. The molecule has 0 spiro atoms. The van der Waals surface area contributed by atoms with E-state index >= 15 is 0 Å². The summed E-state index contributed by atoms with van der Waals surface area (Å²) in [4.78, 5) is 11.3. The van der Waals surface area contributed by atoms with Crippen molar-refractivity contribution in [3.63, 3.8) is 0 Å². The van der Waals surface area contributed by atoms with Gasteiger partial charge in [0.05, 0.1) is 17.4 Å². The van der Waals surface area contributed by atoms with Gasteiger partial charge < -0.3 is 9.84 Å². The molecule has 4 rings (SSSR count). The largest absolute Gasteiger partial charge is 0.489 e. The smallest absolute Gasteiger partial charge is 0.331 e. The van der Waals surface area contributed by atoms with E-state index in [2.05, 4.69) is 4.68 Å². The van der Waals surface area contributed by atoms with Crippen LogP contribution in [0.25, 0.3) is 17.3 Å².